The molecule has 2 rings (SSSR count). The molecular formula is C9H13N3O. The van der Waals surface area contributed by atoms with Gasteiger partial charge in [0.25, 0.3) is 0 Å². The summed E-state index contributed by atoms with van der Waals surface area (Å²) in [6.07, 6.45) is 1.62. The van der Waals surface area contributed by atoms with Gasteiger partial charge in [0.15, 0.2) is 5.82 Å². The topological polar surface area (TPSA) is 38.1 Å². The summed E-state index contributed by atoms with van der Waals surface area (Å²) in [7, 11) is 1.89. The average Bonchev–Trinajstić information content (AvgIpc) is 2.60. The molecule has 70 valence electrons. The van der Waals surface area contributed by atoms with Crippen LogP contribution in [0.2, 0.25) is 0 Å². The lowest BCUT2D eigenvalue weighted by Crippen LogP contribution is -2.24. The summed E-state index contributed by atoms with van der Waals surface area (Å²) >= 11 is 0. The second kappa shape index (κ2) is 2.87. The summed E-state index contributed by atoms with van der Waals surface area (Å²) < 4.78 is 1.79. The van der Waals surface area contributed by atoms with Crippen molar-refractivity contribution in [2.24, 2.45) is 7.05 Å². The fourth-order valence-electron chi connectivity index (χ4n) is 1.56. The third-order valence-corrected chi connectivity index (χ3v) is 2.45. The van der Waals surface area contributed by atoms with Crippen LogP contribution in [0.25, 0.3) is 0 Å². The maximum atomic E-state index is 11.4. The molecule has 1 saturated heterocycles. The maximum Gasteiger partial charge on any atom is 0.228 e. The van der Waals surface area contributed by atoms with Gasteiger partial charge in [-0.05, 0) is 13.3 Å². The first-order valence-corrected chi connectivity index (χ1v) is 4.49. The first-order valence-electron chi connectivity index (χ1n) is 4.49. The van der Waals surface area contributed by atoms with Gasteiger partial charge in [-0.15, -0.1) is 0 Å². The minimum atomic E-state index is 0.193. The Hall–Kier alpha value is -1.32. The lowest BCUT2D eigenvalue weighted by Gasteiger charge is -2.10. The highest BCUT2D eigenvalue weighted by Crippen LogP contribution is 2.19. The van der Waals surface area contributed by atoms with E-state index in [2.05, 4.69) is 5.10 Å². The average molecular weight is 179 g/mol. The number of carbonyl (C=O) groups excluding carboxylic acids is 1. The molecule has 0 spiro atoms. The van der Waals surface area contributed by atoms with Crippen molar-refractivity contribution < 1.29 is 4.79 Å². The van der Waals surface area contributed by atoms with Crippen LogP contribution >= 0.6 is 0 Å². The van der Waals surface area contributed by atoms with Crippen molar-refractivity contribution in [3.8, 4) is 0 Å². The van der Waals surface area contributed by atoms with Gasteiger partial charge in [-0.1, -0.05) is 0 Å². The number of anilines is 1. The van der Waals surface area contributed by atoms with Crippen LogP contribution in [0.15, 0.2) is 6.07 Å². The third kappa shape index (κ3) is 1.32. The highest BCUT2D eigenvalue weighted by Gasteiger charge is 2.23. The highest BCUT2D eigenvalue weighted by atomic mass is 16.2. The van der Waals surface area contributed by atoms with Crippen LogP contribution in [0.5, 0.6) is 0 Å². The van der Waals surface area contributed by atoms with E-state index in [1.54, 1.807) is 9.58 Å². The zero-order chi connectivity index (χ0) is 9.42. The van der Waals surface area contributed by atoms with Crippen LogP contribution in [-0.4, -0.2) is 22.2 Å². The van der Waals surface area contributed by atoms with Gasteiger partial charge in [0.2, 0.25) is 5.91 Å². The Morgan fingerprint density at radius 2 is 2.31 bits per heavy atom. The molecule has 1 aliphatic rings. The molecule has 4 heteroatoms. The summed E-state index contributed by atoms with van der Waals surface area (Å²) in [5.41, 5.74) is 1.08. The van der Waals surface area contributed by atoms with E-state index in [4.69, 9.17) is 0 Å². The van der Waals surface area contributed by atoms with Crippen LogP contribution in [0, 0.1) is 6.92 Å². The lowest BCUT2D eigenvalue weighted by molar-refractivity contribution is -0.117. The first kappa shape index (κ1) is 8.29. The van der Waals surface area contributed by atoms with E-state index in [1.807, 2.05) is 20.0 Å². The van der Waals surface area contributed by atoms with Crippen molar-refractivity contribution in [2.45, 2.75) is 19.8 Å². The van der Waals surface area contributed by atoms with Crippen molar-refractivity contribution in [3.05, 3.63) is 11.8 Å². The number of carbonyl (C=O) groups is 1. The molecule has 1 amide bonds. The van der Waals surface area contributed by atoms with Gasteiger partial charge in [-0.2, -0.15) is 5.10 Å². The molecule has 1 aromatic heterocycles. The second-order valence-electron chi connectivity index (χ2n) is 3.42. The van der Waals surface area contributed by atoms with Crippen LogP contribution in [-0.2, 0) is 11.8 Å². The Kier molecular flexibility index (Phi) is 1.83. The van der Waals surface area contributed by atoms with Crippen LogP contribution in [0.1, 0.15) is 18.5 Å². The molecule has 0 aliphatic carbocycles. The monoisotopic (exact) mass is 179 g/mol. The normalized spacial score (nSPS) is 17.1. The Bertz CT molecular complexity index is 323. The number of nitrogens with zero attached hydrogens (tertiary/aromatic N) is 3. The molecule has 1 aliphatic heterocycles. The number of hydrogen-bond acceptors (Lipinski definition) is 2. The summed E-state index contributed by atoms with van der Waals surface area (Å²) in [6.45, 7) is 2.80. The number of rotatable bonds is 1. The Morgan fingerprint density at radius 3 is 2.77 bits per heavy atom. The van der Waals surface area contributed by atoms with Crippen molar-refractivity contribution in [3.63, 3.8) is 0 Å². The van der Waals surface area contributed by atoms with E-state index in [9.17, 15) is 4.79 Å². The van der Waals surface area contributed by atoms with Crippen LogP contribution < -0.4 is 4.90 Å². The molecule has 1 fully saturated rings. The summed E-state index contributed by atoms with van der Waals surface area (Å²) in [4.78, 5) is 13.1. The van der Waals surface area contributed by atoms with Crippen LogP contribution in [0.3, 0.4) is 0 Å². The number of aryl methyl sites for hydroxylation is 2. The van der Waals surface area contributed by atoms with Crippen LogP contribution in [0.4, 0.5) is 5.82 Å². The van der Waals surface area contributed by atoms with Gasteiger partial charge in [-0.25, -0.2) is 0 Å². The SMILES string of the molecule is Cc1cc(N2CCCC2=O)nn1C. The quantitative estimate of drug-likeness (QED) is 0.641. The summed E-state index contributed by atoms with van der Waals surface area (Å²) in [6, 6.07) is 1.95. The predicted octanol–water partition coefficient (Wildman–Crippen LogP) is 0.855. The summed E-state index contributed by atoms with van der Waals surface area (Å²) in [5.74, 6) is 0.987. The molecule has 0 bridgehead atoms. The molecule has 0 aromatic carbocycles. The smallest absolute Gasteiger partial charge is 0.228 e. The van der Waals surface area contributed by atoms with E-state index in [0.29, 0.717) is 6.42 Å². The molecule has 0 radical (unpaired) electrons. The van der Waals surface area contributed by atoms with E-state index >= 15 is 0 Å². The largest absolute Gasteiger partial charge is 0.295 e. The fourth-order valence-corrected chi connectivity index (χ4v) is 1.56. The van der Waals surface area contributed by atoms with Crippen molar-refractivity contribution >= 4 is 11.7 Å². The molecule has 0 unspecified atom stereocenters. The van der Waals surface area contributed by atoms with Gasteiger partial charge in [0.05, 0.1) is 0 Å². The molecule has 0 atom stereocenters. The van der Waals surface area contributed by atoms with E-state index in [1.165, 1.54) is 0 Å². The Morgan fingerprint density at radius 1 is 1.54 bits per heavy atom. The minimum Gasteiger partial charge on any atom is -0.295 e. The van der Waals surface area contributed by atoms with E-state index in [-0.39, 0.29) is 5.91 Å². The Labute approximate surface area is 77.1 Å². The minimum absolute atomic E-state index is 0.193. The van der Waals surface area contributed by atoms with Gasteiger partial charge < -0.3 is 0 Å². The lowest BCUT2D eigenvalue weighted by atomic mass is 10.4. The second-order valence-corrected chi connectivity index (χ2v) is 3.42. The van der Waals surface area contributed by atoms with Crippen molar-refractivity contribution in [1.82, 2.24) is 9.78 Å². The Balaban J connectivity index is 2.29. The summed E-state index contributed by atoms with van der Waals surface area (Å²) in [5, 5.41) is 4.26. The van der Waals surface area contributed by atoms with E-state index in [0.717, 1.165) is 24.5 Å². The zero-order valence-electron chi connectivity index (χ0n) is 7.95. The van der Waals surface area contributed by atoms with Gasteiger partial charge >= 0.3 is 0 Å². The molecule has 0 N–H and O–H groups in total. The molecular weight excluding hydrogens is 166 g/mol. The molecule has 13 heavy (non-hydrogen) atoms. The maximum absolute atomic E-state index is 11.4. The molecule has 1 aromatic rings. The third-order valence-electron chi connectivity index (χ3n) is 2.45. The van der Waals surface area contributed by atoms with Crippen molar-refractivity contribution in [1.29, 1.82) is 0 Å². The van der Waals surface area contributed by atoms with Gasteiger partial charge in [0.1, 0.15) is 0 Å². The standard InChI is InChI=1S/C9H13N3O/c1-7-6-8(10-11(7)2)12-5-3-4-9(12)13/h6H,3-5H2,1-2H3. The van der Waals surface area contributed by atoms with Crippen molar-refractivity contribution in [2.75, 3.05) is 11.4 Å². The fraction of sp³-hybridized carbons (Fsp3) is 0.556. The van der Waals surface area contributed by atoms with Gasteiger partial charge in [-0.3, -0.25) is 14.4 Å². The first-order chi connectivity index (χ1) is 6.18. The predicted molar refractivity (Wildman–Crippen MR) is 49.5 cm³/mol. The highest BCUT2D eigenvalue weighted by molar-refractivity contribution is 5.94. The van der Waals surface area contributed by atoms with Gasteiger partial charge in [0, 0.05) is 31.8 Å². The number of aromatic nitrogens is 2. The number of amides is 1. The zero-order valence-corrected chi connectivity index (χ0v) is 7.95. The molecule has 0 saturated carbocycles. The number of hydrogen-bond donors (Lipinski definition) is 0. The molecule has 4 nitrogen and oxygen atoms in total. The van der Waals surface area contributed by atoms with E-state index < -0.39 is 0 Å². The molecule has 2 heterocycles.